The second-order valence-electron chi connectivity index (χ2n) is 2.46. The van der Waals surface area contributed by atoms with Crippen molar-refractivity contribution in [2.24, 2.45) is 0 Å². The molecule has 0 bridgehead atoms. The van der Waals surface area contributed by atoms with E-state index in [9.17, 15) is 0 Å². The average molecular weight is 272 g/mol. The lowest BCUT2D eigenvalue weighted by molar-refractivity contribution is 0.932. The molecule has 0 aliphatic carbocycles. The number of nitrogens with zero attached hydrogens (tertiary/aromatic N) is 4. The molecule has 0 radical (unpaired) electrons. The van der Waals surface area contributed by atoms with E-state index in [4.69, 9.17) is 0 Å². The van der Waals surface area contributed by atoms with E-state index in [1.807, 2.05) is 6.92 Å². The fourth-order valence-electron chi connectivity index (χ4n) is 0.841. The van der Waals surface area contributed by atoms with Crippen molar-refractivity contribution in [1.29, 1.82) is 0 Å². The fraction of sp³-hybridized carbons (Fsp3) is 0.143. The van der Waals surface area contributed by atoms with Crippen LogP contribution >= 0.6 is 27.7 Å². The number of hydrogen-bond acceptors (Lipinski definition) is 5. The number of hydrogen-bond donors (Lipinski definition) is 1. The maximum absolute atomic E-state index is 4.26. The molecule has 0 aliphatic heterocycles. The van der Waals surface area contributed by atoms with Crippen LogP contribution in [-0.4, -0.2) is 25.1 Å². The molecular formula is C7H6BrN5S. The van der Waals surface area contributed by atoms with Gasteiger partial charge in [-0.25, -0.2) is 15.0 Å². The Bertz CT molecular complexity index is 430. The van der Waals surface area contributed by atoms with Crippen molar-refractivity contribution >= 4 is 27.7 Å². The van der Waals surface area contributed by atoms with Crippen LogP contribution < -0.4 is 0 Å². The predicted molar refractivity (Wildman–Crippen MR) is 55.0 cm³/mol. The highest BCUT2D eigenvalue weighted by Crippen LogP contribution is 2.28. The Morgan fingerprint density at radius 2 is 2.29 bits per heavy atom. The van der Waals surface area contributed by atoms with Gasteiger partial charge in [-0.15, -0.1) is 0 Å². The molecule has 0 unspecified atom stereocenters. The van der Waals surface area contributed by atoms with Gasteiger partial charge in [0, 0.05) is 6.20 Å². The monoisotopic (exact) mass is 271 g/mol. The lowest BCUT2D eigenvalue weighted by atomic mass is 10.6. The number of rotatable bonds is 2. The molecule has 0 spiro atoms. The van der Waals surface area contributed by atoms with Crippen LogP contribution in [0.5, 0.6) is 0 Å². The van der Waals surface area contributed by atoms with Gasteiger partial charge < -0.3 is 0 Å². The summed E-state index contributed by atoms with van der Waals surface area (Å²) in [6, 6.07) is 0. The quantitative estimate of drug-likeness (QED) is 0.844. The van der Waals surface area contributed by atoms with Gasteiger partial charge in [0.15, 0.2) is 5.16 Å². The Hall–Kier alpha value is -0.950. The molecule has 0 aromatic carbocycles. The molecular weight excluding hydrogens is 266 g/mol. The first-order valence-corrected chi connectivity index (χ1v) is 5.39. The number of aryl methyl sites for hydroxylation is 1. The van der Waals surface area contributed by atoms with Crippen LogP contribution in [0.4, 0.5) is 0 Å². The zero-order valence-corrected chi connectivity index (χ0v) is 9.63. The molecule has 0 saturated carbocycles. The summed E-state index contributed by atoms with van der Waals surface area (Å²) in [6.07, 6.45) is 3.19. The molecule has 14 heavy (non-hydrogen) atoms. The van der Waals surface area contributed by atoms with Gasteiger partial charge in [0.05, 0.1) is 4.47 Å². The molecule has 0 amide bonds. The molecule has 7 heteroatoms. The van der Waals surface area contributed by atoms with Gasteiger partial charge >= 0.3 is 0 Å². The molecule has 2 aromatic heterocycles. The summed E-state index contributed by atoms with van der Waals surface area (Å²) in [4.78, 5) is 12.3. The lowest BCUT2D eigenvalue weighted by Gasteiger charge is -2.00. The van der Waals surface area contributed by atoms with Gasteiger partial charge in [-0.1, -0.05) is 0 Å². The maximum atomic E-state index is 4.26. The van der Waals surface area contributed by atoms with Crippen molar-refractivity contribution in [3.05, 3.63) is 22.8 Å². The second kappa shape index (κ2) is 4.05. The molecule has 1 N–H and O–H groups in total. The van der Waals surface area contributed by atoms with E-state index in [2.05, 4.69) is 41.1 Å². The number of aromatic nitrogens is 5. The molecule has 72 valence electrons. The summed E-state index contributed by atoms with van der Waals surface area (Å²) < 4.78 is 0.851. The van der Waals surface area contributed by atoms with E-state index in [0.29, 0.717) is 5.16 Å². The van der Waals surface area contributed by atoms with Crippen molar-refractivity contribution in [3.63, 3.8) is 0 Å². The van der Waals surface area contributed by atoms with Gasteiger partial charge in [-0.3, -0.25) is 5.10 Å². The molecule has 0 aliphatic rings. The molecule has 2 heterocycles. The van der Waals surface area contributed by atoms with Crippen molar-refractivity contribution in [3.8, 4) is 0 Å². The Balaban J connectivity index is 2.28. The Morgan fingerprint density at radius 3 is 3.00 bits per heavy atom. The van der Waals surface area contributed by atoms with Crippen LogP contribution in [0.15, 0.2) is 27.2 Å². The number of H-pyrrole nitrogens is 1. The first-order valence-electron chi connectivity index (χ1n) is 3.78. The van der Waals surface area contributed by atoms with Crippen LogP contribution in [0.1, 0.15) is 5.82 Å². The fourth-order valence-corrected chi connectivity index (χ4v) is 1.98. The Kier molecular flexibility index (Phi) is 2.78. The summed E-state index contributed by atoms with van der Waals surface area (Å²) in [5.41, 5.74) is 0. The molecule has 2 aromatic rings. The average Bonchev–Trinajstić information content (AvgIpc) is 2.64. The largest absolute Gasteiger partial charge is 0.254 e. The molecule has 0 saturated heterocycles. The first kappa shape index (κ1) is 9.60. The zero-order valence-electron chi connectivity index (χ0n) is 7.23. The minimum atomic E-state index is 0.712. The summed E-state index contributed by atoms with van der Waals surface area (Å²) in [7, 11) is 0. The smallest absolute Gasteiger partial charge is 0.189 e. The third kappa shape index (κ3) is 2.10. The van der Waals surface area contributed by atoms with E-state index in [0.717, 1.165) is 15.3 Å². The molecule has 2 rings (SSSR count). The third-order valence-corrected chi connectivity index (χ3v) is 3.16. The lowest BCUT2D eigenvalue weighted by Crippen LogP contribution is -1.90. The number of nitrogens with one attached hydrogen (secondary N) is 1. The van der Waals surface area contributed by atoms with Crippen molar-refractivity contribution < 1.29 is 0 Å². The van der Waals surface area contributed by atoms with E-state index in [-0.39, 0.29) is 0 Å². The van der Waals surface area contributed by atoms with E-state index in [1.165, 1.54) is 18.1 Å². The summed E-state index contributed by atoms with van der Waals surface area (Å²) >= 11 is 4.78. The maximum Gasteiger partial charge on any atom is 0.189 e. The standard InChI is InChI=1S/C7H6BrN5S/c1-4-9-2-5(8)6(12-4)14-7-10-3-11-13-7/h2-3H,1H3,(H,10,11,13). The Labute approximate surface area is 92.9 Å². The number of halogens is 1. The van der Waals surface area contributed by atoms with Crippen LogP contribution in [0.2, 0.25) is 0 Å². The van der Waals surface area contributed by atoms with Crippen LogP contribution in [0.3, 0.4) is 0 Å². The highest BCUT2D eigenvalue weighted by molar-refractivity contribution is 9.10. The van der Waals surface area contributed by atoms with Crippen LogP contribution in [0, 0.1) is 6.92 Å². The van der Waals surface area contributed by atoms with Gasteiger partial charge in [-0.05, 0) is 34.6 Å². The summed E-state index contributed by atoms with van der Waals surface area (Å²) in [5.74, 6) is 0.732. The van der Waals surface area contributed by atoms with Crippen molar-refractivity contribution in [1.82, 2.24) is 25.1 Å². The van der Waals surface area contributed by atoms with Crippen LogP contribution in [-0.2, 0) is 0 Å². The normalized spacial score (nSPS) is 10.4. The predicted octanol–water partition coefficient (Wildman–Crippen LogP) is 1.82. The Morgan fingerprint density at radius 1 is 1.43 bits per heavy atom. The molecule has 0 fully saturated rings. The minimum Gasteiger partial charge on any atom is -0.254 e. The summed E-state index contributed by atoms with van der Waals surface area (Å²) in [5, 5.41) is 8.05. The SMILES string of the molecule is Cc1ncc(Br)c(Sc2ncn[nH]2)n1. The van der Waals surface area contributed by atoms with Crippen molar-refractivity contribution in [2.75, 3.05) is 0 Å². The van der Waals surface area contributed by atoms with E-state index in [1.54, 1.807) is 6.20 Å². The second-order valence-corrected chi connectivity index (χ2v) is 4.29. The molecule has 0 atom stereocenters. The van der Waals surface area contributed by atoms with E-state index >= 15 is 0 Å². The van der Waals surface area contributed by atoms with Gasteiger partial charge in [0.25, 0.3) is 0 Å². The third-order valence-electron chi connectivity index (χ3n) is 1.42. The first-order chi connectivity index (χ1) is 6.75. The molecule has 5 nitrogen and oxygen atoms in total. The topological polar surface area (TPSA) is 67.3 Å². The van der Waals surface area contributed by atoms with Gasteiger partial charge in [0.1, 0.15) is 17.2 Å². The zero-order chi connectivity index (χ0) is 9.97. The van der Waals surface area contributed by atoms with Crippen molar-refractivity contribution in [2.45, 2.75) is 17.1 Å². The van der Waals surface area contributed by atoms with Gasteiger partial charge in [-0.2, -0.15) is 5.10 Å². The van der Waals surface area contributed by atoms with E-state index < -0.39 is 0 Å². The van der Waals surface area contributed by atoms with Crippen LogP contribution in [0.25, 0.3) is 0 Å². The minimum absolute atomic E-state index is 0.712. The highest BCUT2D eigenvalue weighted by atomic mass is 79.9. The summed E-state index contributed by atoms with van der Waals surface area (Å²) in [6.45, 7) is 1.84. The highest BCUT2D eigenvalue weighted by Gasteiger charge is 2.06. The number of aromatic amines is 1. The van der Waals surface area contributed by atoms with Gasteiger partial charge in [0.2, 0.25) is 0 Å².